The molecule has 3 heterocycles. The van der Waals surface area contributed by atoms with Crippen LogP contribution in [-0.2, 0) is 55.9 Å². The van der Waals surface area contributed by atoms with E-state index in [1.807, 2.05) is 46.9 Å². The molecule has 8 atom stereocenters. The number of nitrogens with two attached hydrogens (primary N) is 1. The molecule has 5 amide bonds. The first-order valence-electron chi connectivity index (χ1n) is 26.9. The number of piperidine rings is 1. The number of Topliss-reactive ketones (excluding diaryl/α,β-unsaturated/α-hetero) is 2. The molecule has 2 aliphatic rings. The minimum Gasteiger partial charge on any atom is -0.481 e. The predicted octanol–water partition coefficient (Wildman–Crippen LogP) is 6.39. The molecular weight excluding hydrogens is 979 g/mol. The Kier molecular flexibility index (Phi) is 25.4. The summed E-state index contributed by atoms with van der Waals surface area (Å²) in [5, 5.41) is 17.7. The number of hydrogen-bond donors (Lipinski definition) is 4. The smallest absolute Gasteiger partial charge is 0.306 e. The van der Waals surface area contributed by atoms with Crippen LogP contribution in [0.15, 0.2) is 41.8 Å². The second kappa shape index (κ2) is 30.8. The monoisotopic (exact) mass is 1060 g/mol. The van der Waals surface area contributed by atoms with E-state index in [1.54, 1.807) is 36.4 Å². The third kappa shape index (κ3) is 19.5. The number of aromatic nitrogens is 1. The predicted molar refractivity (Wildman–Crippen MR) is 286 cm³/mol. The molecule has 75 heavy (non-hydrogen) atoms. The number of nitrogens with zero attached hydrogens (tertiary/aromatic N) is 4. The molecule has 0 saturated carbocycles. The molecule has 1 unspecified atom stereocenters. The summed E-state index contributed by atoms with van der Waals surface area (Å²) in [6.07, 6.45) is 9.54. The topological polar surface area (TPSA) is 256 Å². The zero-order valence-corrected chi connectivity index (χ0v) is 46.3. The number of likely N-dealkylation sites (tertiary alicyclic amines) is 1. The van der Waals surface area contributed by atoms with E-state index in [0.29, 0.717) is 55.6 Å². The fraction of sp³-hybridized carbons (Fsp3) is 0.643. The summed E-state index contributed by atoms with van der Waals surface area (Å²) in [6, 6.07) is 5.27. The molecule has 19 heteroatoms. The zero-order chi connectivity index (χ0) is 55.4. The average molecular weight is 1060 g/mol. The number of ether oxygens (including phenoxy) is 1. The van der Waals surface area contributed by atoms with Gasteiger partial charge in [-0.25, -0.2) is 4.98 Å². The number of nitrogens with one attached hydrogen (secondary N) is 2. The summed E-state index contributed by atoms with van der Waals surface area (Å²) in [6.45, 7) is 12.4. The highest BCUT2D eigenvalue weighted by atomic mass is 32.1. The van der Waals surface area contributed by atoms with Crippen LogP contribution in [0, 0.1) is 23.7 Å². The number of thiazole rings is 1. The lowest BCUT2D eigenvalue weighted by Crippen LogP contribution is -2.48. The second-order valence-corrected chi connectivity index (χ2v) is 21.9. The molecule has 414 valence electrons. The number of carbonyl (C=O) groups excluding carboxylic acids is 8. The molecule has 5 N–H and O–H groups in total. The van der Waals surface area contributed by atoms with Gasteiger partial charge in [0.2, 0.25) is 11.8 Å². The summed E-state index contributed by atoms with van der Waals surface area (Å²) >= 11 is 1.14. The first kappa shape index (κ1) is 61.9. The molecule has 0 aliphatic carbocycles. The van der Waals surface area contributed by atoms with Gasteiger partial charge in [-0.1, -0.05) is 78.1 Å². The number of likely N-dealkylation sites (N-methyl/N-ethyl adjacent to an activating group) is 1. The van der Waals surface area contributed by atoms with E-state index in [-0.39, 0.29) is 104 Å². The molecule has 0 radical (unpaired) electrons. The van der Waals surface area contributed by atoms with Gasteiger partial charge < -0.3 is 31.1 Å². The molecule has 2 aliphatic heterocycles. The van der Waals surface area contributed by atoms with Crippen molar-refractivity contribution in [2.45, 2.75) is 175 Å². The van der Waals surface area contributed by atoms with E-state index in [0.717, 1.165) is 49.1 Å². The van der Waals surface area contributed by atoms with Gasteiger partial charge in [-0.2, -0.15) is 0 Å². The highest BCUT2D eigenvalue weighted by molar-refractivity contribution is 7.09. The van der Waals surface area contributed by atoms with Crippen molar-refractivity contribution < 1.29 is 53.0 Å². The SMILES string of the molecule is CC[C@H](C)[C@H](CC(=O)[C@H]1CCCCN1C)C(=O)N(C)[C@H](C[C@@H](OC(C)=O)c1nc(C(=O)N[C@@H](Cc2ccc(CC(=O)[C@H](CCCCN)NC(=O)CCCCCN3C(=O)C=CC3=O)cc2)CC(C)C(=O)O)cs1)C(C)C. The largest absolute Gasteiger partial charge is 0.481 e. The third-order valence-corrected chi connectivity index (χ3v) is 15.7. The molecule has 1 aromatic heterocycles. The zero-order valence-electron chi connectivity index (χ0n) is 45.5. The van der Waals surface area contributed by atoms with E-state index < -0.39 is 53.9 Å². The van der Waals surface area contributed by atoms with Crippen molar-refractivity contribution in [2.75, 3.05) is 33.7 Å². The van der Waals surface area contributed by atoms with E-state index in [4.69, 9.17) is 10.5 Å². The Balaban J connectivity index is 1.42. The van der Waals surface area contributed by atoms with Gasteiger partial charge >= 0.3 is 11.9 Å². The molecule has 2 aromatic rings. The Morgan fingerprint density at radius 1 is 0.920 bits per heavy atom. The Hall–Kier alpha value is -5.66. The first-order chi connectivity index (χ1) is 35.6. The van der Waals surface area contributed by atoms with Crippen molar-refractivity contribution in [1.29, 1.82) is 0 Å². The molecule has 0 spiro atoms. The molecule has 0 bridgehead atoms. The molecular formula is C56H83N7O11S. The maximum atomic E-state index is 14.4. The van der Waals surface area contributed by atoms with E-state index in [1.165, 1.54) is 24.0 Å². The highest BCUT2D eigenvalue weighted by Gasteiger charge is 2.38. The van der Waals surface area contributed by atoms with Gasteiger partial charge in [0.05, 0.1) is 18.0 Å². The van der Waals surface area contributed by atoms with Crippen LogP contribution in [0.5, 0.6) is 0 Å². The van der Waals surface area contributed by atoms with Gasteiger partial charge in [-0.15, -0.1) is 11.3 Å². The van der Waals surface area contributed by atoms with E-state index in [9.17, 15) is 48.3 Å². The van der Waals surface area contributed by atoms with Crippen molar-refractivity contribution >= 4 is 64.4 Å². The van der Waals surface area contributed by atoms with Crippen LogP contribution in [0.4, 0.5) is 0 Å². The van der Waals surface area contributed by atoms with Crippen LogP contribution in [0.1, 0.15) is 164 Å². The number of carboxylic acids is 1. The number of hydrogen-bond acceptors (Lipinski definition) is 14. The first-order valence-corrected chi connectivity index (χ1v) is 27.8. The lowest BCUT2D eigenvalue weighted by molar-refractivity contribution is -0.150. The number of ketones is 2. The van der Waals surface area contributed by atoms with Crippen LogP contribution in [0.3, 0.4) is 0 Å². The number of carboxylic acid groups (broad SMARTS) is 1. The number of benzene rings is 1. The quantitative estimate of drug-likeness (QED) is 0.0344. The van der Waals surface area contributed by atoms with Crippen LogP contribution >= 0.6 is 11.3 Å². The highest BCUT2D eigenvalue weighted by Crippen LogP contribution is 2.33. The summed E-state index contributed by atoms with van der Waals surface area (Å²) in [5.41, 5.74) is 7.27. The lowest BCUT2D eigenvalue weighted by atomic mass is 9.83. The van der Waals surface area contributed by atoms with Crippen molar-refractivity contribution in [1.82, 2.24) is 30.3 Å². The van der Waals surface area contributed by atoms with Gasteiger partial charge in [-0.05, 0) is 101 Å². The molecule has 4 rings (SSSR count). The molecule has 1 fully saturated rings. The van der Waals surface area contributed by atoms with Gasteiger partial charge in [0.15, 0.2) is 17.7 Å². The summed E-state index contributed by atoms with van der Waals surface area (Å²) in [5.74, 6) is -4.75. The number of esters is 1. The fourth-order valence-electron chi connectivity index (χ4n) is 9.95. The van der Waals surface area contributed by atoms with Crippen molar-refractivity contribution in [3.63, 3.8) is 0 Å². The maximum Gasteiger partial charge on any atom is 0.306 e. The Labute approximate surface area is 447 Å². The van der Waals surface area contributed by atoms with Crippen molar-refractivity contribution in [3.05, 3.63) is 63.6 Å². The van der Waals surface area contributed by atoms with E-state index in [2.05, 4.69) is 20.5 Å². The third-order valence-electron chi connectivity index (χ3n) is 14.8. The van der Waals surface area contributed by atoms with Crippen LogP contribution in [-0.4, -0.2) is 136 Å². The van der Waals surface area contributed by atoms with E-state index >= 15 is 0 Å². The Bertz CT molecular complexity index is 2280. The van der Waals surface area contributed by atoms with Crippen LogP contribution in [0.25, 0.3) is 0 Å². The number of aliphatic carboxylic acids is 1. The Morgan fingerprint density at radius 2 is 1.60 bits per heavy atom. The lowest BCUT2D eigenvalue weighted by Gasteiger charge is -2.37. The van der Waals surface area contributed by atoms with Crippen molar-refractivity contribution in [2.24, 2.45) is 29.4 Å². The minimum atomic E-state index is -1.02. The van der Waals surface area contributed by atoms with Gasteiger partial charge in [0, 0.05) is 81.7 Å². The number of imide groups is 1. The summed E-state index contributed by atoms with van der Waals surface area (Å²) in [7, 11) is 3.70. The molecule has 1 saturated heterocycles. The number of rotatable bonds is 33. The normalized spacial score (nSPS) is 17.7. The number of unbranched alkanes of at least 4 members (excludes halogenated alkanes) is 3. The standard InChI is InChI=1S/C56H83N7O11S/c1-9-36(4)42(32-48(66)45-18-13-16-27-61(45)7)55(71)62(8)46(35(2)3)33-49(74-38(6)64)54-60-44(34-75-54)53(70)58-41(29-37(5)56(72)73)30-39-20-22-40(23-21-39)31-47(65)43(17-12-14-26-57)59-50(67)19-11-10-15-28-63-51(68)24-25-52(63)69/h20-25,34-37,41-43,45-46,49H,9-19,26-33,57H2,1-8H3,(H,58,70)(H,59,67)(H,72,73)/t36-,37?,41+,42-,43-,45+,46+,49+/m0/s1. The van der Waals surface area contributed by atoms with Gasteiger partial charge in [0.25, 0.3) is 17.7 Å². The summed E-state index contributed by atoms with van der Waals surface area (Å²) < 4.78 is 5.84. The fourth-order valence-corrected chi connectivity index (χ4v) is 10.8. The number of amides is 5. The minimum absolute atomic E-state index is 0.0479. The Morgan fingerprint density at radius 3 is 2.21 bits per heavy atom. The number of carbonyl (C=O) groups is 9. The summed E-state index contributed by atoms with van der Waals surface area (Å²) in [4.78, 5) is 126. The molecule has 18 nitrogen and oxygen atoms in total. The van der Waals surface area contributed by atoms with Crippen LogP contribution in [0.2, 0.25) is 0 Å². The van der Waals surface area contributed by atoms with Gasteiger partial charge in [-0.3, -0.25) is 53.0 Å². The average Bonchev–Trinajstić information content (AvgIpc) is 3.99. The second-order valence-electron chi connectivity index (χ2n) is 21.0. The maximum absolute atomic E-state index is 14.4. The van der Waals surface area contributed by atoms with Crippen LogP contribution < -0.4 is 16.4 Å². The van der Waals surface area contributed by atoms with Crippen molar-refractivity contribution in [3.8, 4) is 0 Å². The van der Waals surface area contributed by atoms with Gasteiger partial charge in [0.1, 0.15) is 10.7 Å². The molecule has 1 aromatic carbocycles.